The lowest BCUT2D eigenvalue weighted by Gasteiger charge is -2.13. The third-order valence-electron chi connectivity index (χ3n) is 2.36. The van der Waals surface area contributed by atoms with Crippen molar-refractivity contribution in [2.75, 3.05) is 11.5 Å². The Morgan fingerprint density at radius 2 is 2.33 bits per heavy atom. The summed E-state index contributed by atoms with van der Waals surface area (Å²) in [6.45, 7) is 7.48. The zero-order valence-corrected chi connectivity index (χ0v) is 10.6. The van der Waals surface area contributed by atoms with Gasteiger partial charge in [-0.25, -0.2) is 0 Å². The fourth-order valence-corrected chi connectivity index (χ4v) is 2.03. The van der Waals surface area contributed by atoms with Crippen LogP contribution in [0, 0.1) is 6.92 Å². The van der Waals surface area contributed by atoms with E-state index in [1.807, 2.05) is 24.2 Å². The molecule has 0 aliphatic rings. The third-order valence-corrected chi connectivity index (χ3v) is 3.50. The van der Waals surface area contributed by atoms with Crippen molar-refractivity contribution in [2.45, 2.75) is 33.4 Å². The highest BCUT2D eigenvalue weighted by Crippen LogP contribution is 2.06. The van der Waals surface area contributed by atoms with Gasteiger partial charge in [-0.1, -0.05) is 6.92 Å². The van der Waals surface area contributed by atoms with Gasteiger partial charge < -0.3 is 5.32 Å². The molecular formula is C12H20N2S. The average Bonchev–Trinajstić information content (AvgIpc) is 2.25. The van der Waals surface area contributed by atoms with Crippen LogP contribution in [-0.2, 0) is 6.54 Å². The Balaban J connectivity index is 2.33. The van der Waals surface area contributed by atoms with Crippen molar-refractivity contribution in [3.8, 4) is 0 Å². The predicted octanol–water partition coefficient (Wildman–Crippen LogP) is 2.62. The SMILES string of the molecule is CCSCC(C)NCc1cnccc1C. The molecule has 0 radical (unpaired) electrons. The van der Waals surface area contributed by atoms with E-state index >= 15 is 0 Å². The topological polar surface area (TPSA) is 24.9 Å². The Morgan fingerprint density at radius 3 is 3.00 bits per heavy atom. The lowest BCUT2D eigenvalue weighted by atomic mass is 10.1. The number of nitrogens with one attached hydrogen (secondary N) is 1. The van der Waals surface area contributed by atoms with Crippen molar-refractivity contribution in [2.24, 2.45) is 0 Å². The Kier molecular flexibility index (Phi) is 5.73. The Bertz CT molecular complexity index is 289. The summed E-state index contributed by atoms with van der Waals surface area (Å²) in [6.07, 6.45) is 3.79. The highest BCUT2D eigenvalue weighted by Gasteiger charge is 2.02. The summed E-state index contributed by atoms with van der Waals surface area (Å²) in [5.74, 6) is 2.37. The second-order valence-electron chi connectivity index (χ2n) is 3.74. The van der Waals surface area contributed by atoms with Crippen molar-refractivity contribution < 1.29 is 0 Å². The van der Waals surface area contributed by atoms with Gasteiger partial charge in [0.05, 0.1) is 0 Å². The van der Waals surface area contributed by atoms with E-state index in [1.165, 1.54) is 22.6 Å². The van der Waals surface area contributed by atoms with Gasteiger partial charge >= 0.3 is 0 Å². The van der Waals surface area contributed by atoms with Crippen LogP contribution in [0.15, 0.2) is 18.5 Å². The molecule has 2 nitrogen and oxygen atoms in total. The van der Waals surface area contributed by atoms with Crippen LogP contribution in [0.4, 0.5) is 0 Å². The fraction of sp³-hybridized carbons (Fsp3) is 0.583. The van der Waals surface area contributed by atoms with Gasteiger partial charge in [-0.15, -0.1) is 0 Å². The highest BCUT2D eigenvalue weighted by atomic mass is 32.2. The molecule has 1 heterocycles. The molecule has 0 amide bonds. The van der Waals surface area contributed by atoms with Crippen LogP contribution in [0.5, 0.6) is 0 Å². The first-order chi connectivity index (χ1) is 7.24. The molecule has 84 valence electrons. The van der Waals surface area contributed by atoms with Gasteiger partial charge in [0.1, 0.15) is 0 Å². The van der Waals surface area contributed by atoms with Gasteiger partial charge in [-0.3, -0.25) is 4.98 Å². The zero-order chi connectivity index (χ0) is 11.1. The van der Waals surface area contributed by atoms with Crippen LogP contribution in [0.25, 0.3) is 0 Å². The summed E-state index contributed by atoms with van der Waals surface area (Å²) in [4.78, 5) is 4.14. The van der Waals surface area contributed by atoms with E-state index in [0.717, 1.165) is 6.54 Å². The summed E-state index contributed by atoms with van der Waals surface area (Å²) in [5, 5.41) is 3.51. The minimum absolute atomic E-state index is 0.564. The largest absolute Gasteiger partial charge is 0.309 e. The van der Waals surface area contributed by atoms with Gasteiger partial charge in [0.15, 0.2) is 0 Å². The molecule has 1 aromatic heterocycles. The van der Waals surface area contributed by atoms with E-state index in [0.29, 0.717) is 6.04 Å². The number of hydrogen-bond donors (Lipinski definition) is 1. The first-order valence-corrected chi connectivity index (χ1v) is 6.60. The predicted molar refractivity (Wildman–Crippen MR) is 68.3 cm³/mol. The maximum absolute atomic E-state index is 4.14. The first kappa shape index (κ1) is 12.5. The Hall–Kier alpha value is -0.540. The van der Waals surface area contributed by atoms with Gasteiger partial charge in [-0.05, 0) is 36.8 Å². The second-order valence-corrected chi connectivity index (χ2v) is 5.06. The lowest BCUT2D eigenvalue weighted by Crippen LogP contribution is -2.28. The fourth-order valence-electron chi connectivity index (χ4n) is 1.32. The highest BCUT2D eigenvalue weighted by molar-refractivity contribution is 7.99. The zero-order valence-electron chi connectivity index (χ0n) is 9.79. The van der Waals surface area contributed by atoms with Gasteiger partial charge in [0.2, 0.25) is 0 Å². The molecule has 1 aromatic rings. The standard InChI is InChI=1S/C12H20N2S/c1-4-15-9-11(3)14-8-12-7-13-6-5-10(12)2/h5-7,11,14H,4,8-9H2,1-3H3. The van der Waals surface area contributed by atoms with Crippen LogP contribution in [0.1, 0.15) is 25.0 Å². The van der Waals surface area contributed by atoms with Crippen molar-refractivity contribution in [1.82, 2.24) is 10.3 Å². The van der Waals surface area contributed by atoms with E-state index in [4.69, 9.17) is 0 Å². The van der Waals surface area contributed by atoms with Crippen molar-refractivity contribution in [3.05, 3.63) is 29.6 Å². The van der Waals surface area contributed by atoms with Crippen LogP contribution >= 0.6 is 11.8 Å². The van der Waals surface area contributed by atoms with Crippen molar-refractivity contribution in [1.29, 1.82) is 0 Å². The molecular weight excluding hydrogens is 204 g/mol. The maximum atomic E-state index is 4.14. The molecule has 1 rings (SSSR count). The number of nitrogens with zero attached hydrogens (tertiary/aromatic N) is 1. The number of thioether (sulfide) groups is 1. The summed E-state index contributed by atoms with van der Waals surface area (Å²) in [7, 11) is 0. The molecule has 15 heavy (non-hydrogen) atoms. The smallest absolute Gasteiger partial charge is 0.0315 e. The minimum atomic E-state index is 0.564. The lowest BCUT2D eigenvalue weighted by molar-refractivity contribution is 0.593. The van der Waals surface area contributed by atoms with Gasteiger partial charge in [0, 0.05) is 30.7 Å². The number of rotatable bonds is 6. The molecule has 0 aliphatic heterocycles. The molecule has 0 fully saturated rings. The van der Waals surface area contributed by atoms with E-state index in [1.54, 1.807) is 0 Å². The Morgan fingerprint density at radius 1 is 1.53 bits per heavy atom. The molecule has 0 aromatic carbocycles. The Labute approximate surface area is 96.9 Å². The number of hydrogen-bond acceptors (Lipinski definition) is 3. The van der Waals surface area contributed by atoms with Crippen molar-refractivity contribution >= 4 is 11.8 Å². The summed E-state index contributed by atoms with van der Waals surface area (Å²) < 4.78 is 0. The second kappa shape index (κ2) is 6.85. The molecule has 1 unspecified atom stereocenters. The van der Waals surface area contributed by atoms with Gasteiger partial charge in [-0.2, -0.15) is 11.8 Å². The van der Waals surface area contributed by atoms with E-state index < -0.39 is 0 Å². The molecule has 1 N–H and O–H groups in total. The molecule has 3 heteroatoms. The molecule has 0 spiro atoms. The van der Waals surface area contributed by atoms with E-state index in [9.17, 15) is 0 Å². The molecule has 0 bridgehead atoms. The molecule has 1 atom stereocenters. The number of aromatic nitrogens is 1. The van der Waals surface area contributed by atoms with Crippen LogP contribution in [-0.4, -0.2) is 22.5 Å². The molecule has 0 saturated carbocycles. The molecule has 0 aliphatic carbocycles. The molecule has 0 saturated heterocycles. The monoisotopic (exact) mass is 224 g/mol. The van der Waals surface area contributed by atoms with E-state index in [2.05, 4.69) is 37.1 Å². The van der Waals surface area contributed by atoms with Crippen LogP contribution in [0.2, 0.25) is 0 Å². The minimum Gasteiger partial charge on any atom is -0.309 e. The average molecular weight is 224 g/mol. The maximum Gasteiger partial charge on any atom is 0.0315 e. The summed E-state index contributed by atoms with van der Waals surface area (Å²) in [6, 6.07) is 2.62. The van der Waals surface area contributed by atoms with Gasteiger partial charge in [0.25, 0.3) is 0 Å². The third kappa shape index (κ3) is 4.67. The number of aryl methyl sites for hydroxylation is 1. The first-order valence-electron chi connectivity index (χ1n) is 5.44. The number of pyridine rings is 1. The van der Waals surface area contributed by atoms with Crippen LogP contribution < -0.4 is 5.32 Å². The summed E-state index contributed by atoms with van der Waals surface area (Å²) in [5.41, 5.74) is 2.61. The quantitative estimate of drug-likeness (QED) is 0.804. The normalized spacial score (nSPS) is 12.7. The summed E-state index contributed by atoms with van der Waals surface area (Å²) >= 11 is 1.98. The van der Waals surface area contributed by atoms with Crippen LogP contribution in [0.3, 0.4) is 0 Å². The van der Waals surface area contributed by atoms with E-state index in [-0.39, 0.29) is 0 Å². The van der Waals surface area contributed by atoms with Crippen molar-refractivity contribution in [3.63, 3.8) is 0 Å².